The summed E-state index contributed by atoms with van der Waals surface area (Å²) in [6.07, 6.45) is 0. The van der Waals surface area contributed by atoms with Gasteiger partial charge in [0, 0.05) is 22.8 Å². The molecular weight excluding hydrogens is 286 g/mol. The molecule has 1 amide bonds. The van der Waals surface area contributed by atoms with Gasteiger partial charge in [0.05, 0.1) is 0 Å². The second-order valence-corrected chi connectivity index (χ2v) is 4.64. The summed E-state index contributed by atoms with van der Waals surface area (Å²) in [5.41, 5.74) is 6.71. The number of rotatable bonds is 3. The maximum Gasteiger partial charge on any atom is 0.251 e. The van der Waals surface area contributed by atoms with Crippen LogP contribution in [0.5, 0.6) is 0 Å². The third-order valence-electron chi connectivity index (χ3n) is 2.62. The fourth-order valence-electron chi connectivity index (χ4n) is 1.68. The van der Waals surface area contributed by atoms with E-state index in [1.165, 1.54) is 24.3 Å². The maximum absolute atomic E-state index is 13.0. The van der Waals surface area contributed by atoms with Gasteiger partial charge in [0.2, 0.25) is 0 Å². The molecule has 0 saturated carbocycles. The van der Waals surface area contributed by atoms with Crippen molar-refractivity contribution in [2.75, 3.05) is 5.73 Å². The van der Waals surface area contributed by atoms with Crippen LogP contribution in [0.15, 0.2) is 36.4 Å². The Morgan fingerprint density at radius 1 is 1.15 bits per heavy atom. The molecule has 3 N–H and O–H groups in total. The van der Waals surface area contributed by atoms with Gasteiger partial charge in [0.15, 0.2) is 11.6 Å². The molecule has 0 bridgehead atoms. The van der Waals surface area contributed by atoms with E-state index in [1.54, 1.807) is 0 Å². The molecule has 2 aromatic rings. The summed E-state index contributed by atoms with van der Waals surface area (Å²) in [5.74, 6) is -2.28. The zero-order valence-electron chi connectivity index (χ0n) is 10.3. The van der Waals surface area contributed by atoms with Gasteiger partial charge in [-0.25, -0.2) is 8.78 Å². The van der Waals surface area contributed by atoms with Crippen LogP contribution < -0.4 is 11.1 Å². The second kappa shape index (κ2) is 5.88. The standard InChI is InChI=1S/C14H11ClF2N2O/c15-10-4-9(5-11(18)6-10)14(20)19-7-8-1-2-12(16)13(17)3-8/h1-6H,7,18H2,(H,19,20). The monoisotopic (exact) mass is 296 g/mol. The summed E-state index contributed by atoms with van der Waals surface area (Å²) in [6.45, 7) is 0.0719. The van der Waals surface area contributed by atoms with Gasteiger partial charge in [0.1, 0.15) is 0 Å². The number of carbonyl (C=O) groups is 1. The molecule has 0 spiro atoms. The molecular formula is C14H11ClF2N2O. The number of nitrogens with two attached hydrogens (primary N) is 1. The quantitative estimate of drug-likeness (QED) is 0.855. The first kappa shape index (κ1) is 14.3. The Hall–Kier alpha value is -2.14. The van der Waals surface area contributed by atoms with Gasteiger partial charge in [-0.2, -0.15) is 0 Å². The molecule has 0 aliphatic carbocycles. The predicted octanol–water partition coefficient (Wildman–Crippen LogP) is 3.13. The van der Waals surface area contributed by atoms with Crippen LogP contribution in [0, 0.1) is 11.6 Å². The van der Waals surface area contributed by atoms with E-state index in [2.05, 4.69) is 5.32 Å². The molecule has 3 nitrogen and oxygen atoms in total. The minimum atomic E-state index is -0.955. The van der Waals surface area contributed by atoms with Crippen molar-refractivity contribution >= 4 is 23.2 Å². The van der Waals surface area contributed by atoms with Crippen molar-refractivity contribution in [2.45, 2.75) is 6.54 Å². The van der Waals surface area contributed by atoms with Crippen LogP contribution in [0.4, 0.5) is 14.5 Å². The van der Waals surface area contributed by atoms with Gasteiger partial charge in [-0.05, 0) is 35.9 Å². The molecule has 20 heavy (non-hydrogen) atoms. The second-order valence-electron chi connectivity index (χ2n) is 4.20. The highest BCUT2D eigenvalue weighted by Crippen LogP contribution is 2.16. The van der Waals surface area contributed by atoms with Crippen LogP contribution in [0.2, 0.25) is 5.02 Å². The lowest BCUT2D eigenvalue weighted by atomic mass is 10.1. The highest BCUT2D eigenvalue weighted by Gasteiger charge is 2.08. The van der Waals surface area contributed by atoms with Gasteiger partial charge in [-0.1, -0.05) is 17.7 Å². The Balaban J connectivity index is 2.06. The first-order valence-electron chi connectivity index (χ1n) is 5.74. The highest BCUT2D eigenvalue weighted by atomic mass is 35.5. The first-order chi connectivity index (χ1) is 9.45. The fourth-order valence-corrected chi connectivity index (χ4v) is 1.92. The van der Waals surface area contributed by atoms with Crippen molar-refractivity contribution < 1.29 is 13.6 Å². The molecule has 0 aliphatic heterocycles. The van der Waals surface area contributed by atoms with Gasteiger partial charge in [0.25, 0.3) is 5.91 Å². The maximum atomic E-state index is 13.0. The van der Waals surface area contributed by atoms with Crippen molar-refractivity contribution in [2.24, 2.45) is 0 Å². The number of halogens is 3. The van der Waals surface area contributed by atoms with E-state index in [9.17, 15) is 13.6 Å². The third-order valence-corrected chi connectivity index (χ3v) is 2.84. The van der Waals surface area contributed by atoms with E-state index in [0.29, 0.717) is 21.8 Å². The zero-order chi connectivity index (χ0) is 14.7. The Morgan fingerprint density at radius 2 is 1.90 bits per heavy atom. The molecule has 0 aromatic heterocycles. The lowest BCUT2D eigenvalue weighted by Gasteiger charge is -2.07. The average Bonchev–Trinajstić information content (AvgIpc) is 2.38. The molecule has 2 aromatic carbocycles. The van der Waals surface area contributed by atoms with Crippen LogP contribution in [0.1, 0.15) is 15.9 Å². The molecule has 6 heteroatoms. The van der Waals surface area contributed by atoms with Crippen molar-refractivity contribution in [3.8, 4) is 0 Å². The first-order valence-corrected chi connectivity index (χ1v) is 6.11. The van der Waals surface area contributed by atoms with Gasteiger partial charge in [-0.3, -0.25) is 4.79 Å². The molecule has 0 aliphatic rings. The summed E-state index contributed by atoms with van der Waals surface area (Å²) < 4.78 is 25.8. The van der Waals surface area contributed by atoms with E-state index in [-0.39, 0.29) is 6.54 Å². The predicted molar refractivity (Wildman–Crippen MR) is 73.4 cm³/mol. The topological polar surface area (TPSA) is 55.1 Å². The Morgan fingerprint density at radius 3 is 2.55 bits per heavy atom. The van der Waals surface area contributed by atoms with Crippen LogP contribution >= 0.6 is 11.6 Å². The van der Waals surface area contributed by atoms with Gasteiger partial charge in [-0.15, -0.1) is 0 Å². The van der Waals surface area contributed by atoms with Crippen molar-refractivity contribution in [1.82, 2.24) is 5.32 Å². The van der Waals surface area contributed by atoms with E-state index >= 15 is 0 Å². The smallest absolute Gasteiger partial charge is 0.251 e. The summed E-state index contributed by atoms with van der Waals surface area (Å²) in [7, 11) is 0. The molecule has 104 valence electrons. The minimum Gasteiger partial charge on any atom is -0.399 e. The SMILES string of the molecule is Nc1cc(Cl)cc(C(=O)NCc2ccc(F)c(F)c2)c1. The van der Waals surface area contributed by atoms with E-state index in [4.69, 9.17) is 17.3 Å². The van der Waals surface area contributed by atoms with Crippen LogP contribution in [0.25, 0.3) is 0 Å². The Bertz CT molecular complexity index is 641. The van der Waals surface area contributed by atoms with E-state index in [0.717, 1.165) is 12.1 Å². The number of benzene rings is 2. The van der Waals surface area contributed by atoms with Crippen molar-refractivity contribution in [1.29, 1.82) is 0 Å². The average molecular weight is 297 g/mol. The minimum absolute atomic E-state index is 0.0719. The van der Waals surface area contributed by atoms with Crippen molar-refractivity contribution in [3.63, 3.8) is 0 Å². The Kier molecular flexibility index (Phi) is 4.20. The summed E-state index contributed by atoms with van der Waals surface area (Å²) in [6, 6.07) is 7.90. The summed E-state index contributed by atoms with van der Waals surface area (Å²) in [4.78, 5) is 11.9. The molecule has 0 radical (unpaired) electrons. The number of amides is 1. The number of hydrogen-bond acceptors (Lipinski definition) is 2. The number of carbonyl (C=O) groups excluding carboxylic acids is 1. The normalized spacial score (nSPS) is 10.3. The van der Waals surface area contributed by atoms with Crippen LogP contribution in [-0.4, -0.2) is 5.91 Å². The van der Waals surface area contributed by atoms with Crippen LogP contribution in [0.3, 0.4) is 0 Å². The number of hydrogen-bond donors (Lipinski definition) is 2. The number of nitrogens with one attached hydrogen (secondary N) is 1. The molecule has 0 heterocycles. The number of nitrogen functional groups attached to an aromatic ring is 1. The zero-order valence-corrected chi connectivity index (χ0v) is 11.0. The molecule has 0 atom stereocenters. The molecule has 0 saturated heterocycles. The van der Waals surface area contributed by atoms with E-state index < -0.39 is 17.5 Å². The van der Waals surface area contributed by atoms with Crippen molar-refractivity contribution in [3.05, 3.63) is 64.2 Å². The fraction of sp³-hybridized carbons (Fsp3) is 0.0714. The molecule has 0 unspecified atom stereocenters. The summed E-state index contributed by atoms with van der Waals surface area (Å²) >= 11 is 5.80. The molecule has 2 rings (SSSR count). The number of anilines is 1. The third kappa shape index (κ3) is 3.45. The van der Waals surface area contributed by atoms with Gasteiger partial charge < -0.3 is 11.1 Å². The van der Waals surface area contributed by atoms with Gasteiger partial charge >= 0.3 is 0 Å². The lowest BCUT2D eigenvalue weighted by molar-refractivity contribution is 0.0951. The van der Waals surface area contributed by atoms with E-state index in [1.807, 2.05) is 0 Å². The Labute approximate surface area is 119 Å². The summed E-state index contributed by atoms with van der Waals surface area (Å²) in [5, 5.41) is 2.92. The molecule has 0 fully saturated rings. The largest absolute Gasteiger partial charge is 0.399 e. The highest BCUT2D eigenvalue weighted by molar-refractivity contribution is 6.31. The lowest BCUT2D eigenvalue weighted by Crippen LogP contribution is -2.23. The van der Waals surface area contributed by atoms with Crippen LogP contribution in [-0.2, 0) is 6.54 Å².